The number of rotatable bonds is 6. The van der Waals surface area contributed by atoms with Crippen LogP contribution in [0.3, 0.4) is 0 Å². The van der Waals surface area contributed by atoms with E-state index in [1.807, 2.05) is 55.5 Å². The summed E-state index contributed by atoms with van der Waals surface area (Å²) in [4.78, 5) is 27.8. The van der Waals surface area contributed by atoms with Crippen molar-refractivity contribution in [3.05, 3.63) is 77.1 Å². The molecule has 4 aromatic rings. The number of nitrogens with zero attached hydrogens (tertiary/aromatic N) is 3. The Bertz CT molecular complexity index is 1370. The Hall–Kier alpha value is -3.71. The second kappa shape index (κ2) is 9.27. The lowest BCUT2D eigenvalue weighted by Crippen LogP contribution is -2.15. The monoisotopic (exact) mass is 474 g/mol. The molecule has 3 aromatic heterocycles. The summed E-state index contributed by atoms with van der Waals surface area (Å²) in [6.07, 6.45) is 5.47. The minimum atomic E-state index is -0.722. The minimum absolute atomic E-state index is 0.274. The van der Waals surface area contributed by atoms with Crippen molar-refractivity contribution >= 4 is 34.3 Å². The standard InChI is InChI=1S/C26H23ClN4O3/c1-15(21-4-2-3-13-28-21)34-26-29-22-14-20(27)23(30-24(22)31-26)18-9-5-16(6-10-18)17-7-11-19(12-8-17)25(32)33/h2-7,9-10,13-15,19H,8,11-12H2,1H3,(H,32,33)(H,29,30,31). The number of hydrogen-bond donors (Lipinski definition) is 2. The third-order valence-electron chi connectivity index (χ3n) is 6.09. The highest BCUT2D eigenvalue weighted by Gasteiger charge is 2.21. The average molecular weight is 475 g/mol. The highest BCUT2D eigenvalue weighted by atomic mass is 35.5. The summed E-state index contributed by atoms with van der Waals surface area (Å²) in [5.74, 6) is -1.01. The van der Waals surface area contributed by atoms with Crippen LogP contribution in [0.2, 0.25) is 5.02 Å². The molecule has 0 aliphatic heterocycles. The van der Waals surface area contributed by atoms with E-state index in [0.29, 0.717) is 40.7 Å². The summed E-state index contributed by atoms with van der Waals surface area (Å²) in [6, 6.07) is 15.8. The lowest BCUT2D eigenvalue weighted by Gasteiger charge is -2.19. The maximum atomic E-state index is 11.2. The van der Waals surface area contributed by atoms with Gasteiger partial charge in [0.1, 0.15) is 6.10 Å². The number of fused-ring (bicyclic) bond motifs is 1. The molecule has 1 aliphatic carbocycles. The van der Waals surface area contributed by atoms with Crippen LogP contribution in [0.25, 0.3) is 28.0 Å². The summed E-state index contributed by atoms with van der Waals surface area (Å²) in [6.45, 7) is 1.91. The van der Waals surface area contributed by atoms with Crippen molar-refractivity contribution in [3.8, 4) is 17.3 Å². The van der Waals surface area contributed by atoms with Gasteiger partial charge in [-0.3, -0.25) is 9.78 Å². The first-order valence-corrected chi connectivity index (χ1v) is 11.5. The molecule has 2 unspecified atom stereocenters. The Morgan fingerprint density at radius 1 is 1.18 bits per heavy atom. The molecule has 0 saturated carbocycles. The summed E-state index contributed by atoms with van der Waals surface area (Å²) >= 11 is 6.55. The number of H-pyrrole nitrogens is 1. The number of halogens is 1. The van der Waals surface area contributed by atoms with Crippen LogP contribution >= 0.6 is 11.6 Å². The molecule has 172 valence electrons. The quantitative estimate of drug-likeness (QED) is 0.351. The molecule has 0 fully saturated rings. The number of nitrogens with one attached hydrogen (secondary N) is 1. The van der Waals surface area contributed by atoms with Crippen LogP contribution in [-0.2, 0) is 4.79 Å². The smallest absolute Gasteiger partial charge is 0.306 e. The number of carbonyl (C=O) groups is 1. The van der Waals surface area contributed by atoms with E-state index in [2.05, 4.69) is 19.9 Å². The average Bonchev–Trinajstić information content (AvgIpc) is 3.25. The molecule has 0 saturated heterocycles. The second-order valence-corrected chi connectivity index (χ2v) is 8.77. The number of aliphatic carboxylic acids is 1. The van der Waals surface area contributed by atoms with Gasteiger partial charge in [-0.15, -0.1) is 0 Å². The van der Waals surface area contributed by atoms with Gasteiger partial charge in [0.25, 0.3) is 6.01 Å². The number of aromatic nitrogens is 4. The number of hydrogen-bond acceptors (Lipinski definition) is 5. The molecule has 1 aliphatic rings. The fraction of sp³-hybridized carbons (Fsp3) is 0.231. The number of imidazole rings is 1. The first kappa shape index (κ1) is 22.1. The number of pyridine rings is 2. The van der Waals surface area contributed by atoms with Gasteiger partial charge in [-0.1, -0.05) is 48.0 Å². The Morgan fingerprint density at radius 3 is 2.65 bits per heavy atom. The van der Waals surface area contributed by atoms with E-state index in [0.717, 1.165) is 23.2 Å². The molecule has 0 radical (unpaired) electrons. The first-order chi connectivity index (χ1) is 16.5. The summed E-state index contributed by atoms with van der Waals surface area (Å²) < 4.78 is 5.92. The van der Waals surface area contributed by atoms with Crippen LogP contribution < -0.4 is 4.74 Å². The second-order valence-electron chi connectivity index (χ2n) is 8.36. The molecule has 3 heterocycles. The number of aromatic amines is 1. The van der Waals surface area contributed by atoms with Crippen molar-refractivity contribution in [1.82, 2.24) is 19.9 Å². The van der Waals surface area contributed by atoms with Crippen molar-refractivity contribution in [3.63, 3.8) is 0 Å². The largest absolute Gasteiger partial charge is 0.481 e. The van der Waals surface area contributed by atoms with E-state index in [1.165, 1.54) is 5.57 Å². The molecule has 0 bridgehead atoms. The van der Waals surface area contributed by atoms with E-state index >= 15 is 0 Å². The number of carboxylic acid groups (broad SMARTS) is 1. The van der Waals surface area contributed by atoms with Crippen LogP contribution in [0.1, 0.15) is 43.5 Å². The molecule has 34 heavy (non-hydrogen) atoms. The highest BCUT2D eigenvalue weighted by Crippen LogP contribution is 2.34. The SMILES string of the molecule is CC(Oc1nc2nc(-c3ccc(C4=CCC(C(=O)O)CC4)cc3)c(Cl)cc2[nH]1)c1ccccn1. The van der Waals surface area contributed by atoms with Gasteiger partial charge in [0.15, 0.2) is 5.65 Å². The van der Waals surface area contributed by atoms with E-state index in [-0.39, 0.29) is 12.0 Å². The molecule has 2 N–H and O–H groups in total. The molecular formula is C26H23ClN4O3. The number of benzene rings is 1. The maximum Gasteiger partial charge on any atom is 0.306 e. The molecule has 8 heteroatoms. The van der Waals surface area contributed by atoms with Crippen LogP contribution in [-0.4, -0.2) is 31.0 Å². The zero-order valence-corrected chi connectivity index (χ0v) is 19.3. The zero-order chi connectivity index (χ0) is 23.7. The van der Waals surface area contributed by atoms with Gasteiger partial charge in [-0.2, -0.15) is 4.98 Å². The van der Waals surface area contributed by atoms with Crippen LogP contribution in [0.5, 0.6) is 6.01 Å². The van der Waals surface area contributed by atoms with E-state index < -0.39 is 5.97 Å². The van der Waals surface area contributed by atoms with Crippen LogP contribution in [0.4, 0.5) is 0 Å². The van der Waals surface area contributed by atoms with Gasteiger partial charge in [0.05, 0.1) is 27.8 Å². The number of ether oxygens (including phenoxy) is 1. The van der Waals surface area contributed by atoms with Gasteiger partial charge in [-0.25, -0.2) is 4.98 Å². The Kier molecular flexibility index (Phi) is 6.02. The third kappa shape index (κ3) is 4.52. The molecule has 5 rings (SSSR count). The molecule has 0 amide bonds. The fourth-order valence-corrected chi connectivity index (χ4v) is 4.42. The normalized spacial score (nSPS) is 16.8. The number of allylic oxidation sites excluding steroid dienone is 2. The van der Waals surface area contributed by atoms with Crippen molar-refractivity contribution < 1.29 is 14.6 Å². The van der Waals surface area contributed by atoms with Gasteiger partial charge in [-0.05, 0) is 55.5 Å². The molecule has 1 aromatic carbocycles. The predicted molar refractivity (Wildman–Crippen MR) is 131 cm³/mol. The minimum Gasteiger partial charge on any atom is -0.481 e. The van der Waals surface area contributed by atoms with E-state index in [1.54, 1.807) is 12.3 Å². The Balaban J connectivity index is 1.36. The van der Waals surface area contributed by atoms with Gasteiger partial charge >= 0.3 is 5.97 Å². The molecular weight excluding hydrogens is 452 g/mol. The van der Waals surface area contributed by atoms with E-state index in [9.17, 15) is 9.90 Å². The summed E-state index contributed by atoms with van der Waals surface area (Å²) in [5, 5.41) is 9.70. The van der Waals surface area contributed by atoms with Gasteiger partial charge in [0, 0.05) is 11.8 Å². The summed E-state index contributed by atoms with van der Waals surface area (Å²) in [5.41, 5.74) is 5.79. The Labute approximate surface area is 201 Å². The van der Waals surface area contributed by atoms with Gasteiger partial charge in [0.2, 0.25) is 0 Å². The lowest BCUT2D eigenvalue weighted by atomic mass is 9.86. The fourth-order valence-electron chi connectivity index (χ4n) is 4.16. The Morgan fingerprint density at radius 2 is 1.97 bits per heavy atom. The first-order valence-electron chi connectivity index (χ1n) is 11.1. The van der Waals surface area contributed by atoms with Crippen molar-refractivity contribution in [1.29, 1.82) is 0 Å². The van der Waals surface area contributed by atoms with Crippen molar-refractivity contribution in [2.75, 3.05) is 0 Å². The third-order valence-corrected chi connectivity index (χ3v) is 6.38. The van der Waals surface area contributed by atoms with Crippen LogP contribution in [0, 0.1) is 5.92 Å². The molecule has 7 nitrogen and oxygen atoms in total. The molecule has 0 spiro atoms. The van der Waals surface area contributed by atoms with Crippen LogP contribution in [0.15, 0.2) is 60.8 Å². The zero-order valence-electron chi connectivity index (χ0n) is 18.5. The van der Waals surface area contributed by atoms with Gasteiger partial charge < -0.3 is 14.8 Å². The maximum absolute atomic E-state index is 11.2. The number of carboxylic acids is 1. The van der Waals surface area contributed by atoms with Crippen molar-refractivity contribution in [2.45, 2.75) is 32.3 Å². The predicted octanol–water partition coefficient (Wildman–Crippen LogP) is 6.08. The summed E-state index contributed by atoms with van der Waals surface area (Å²) in [7, 11) is 0. The van der Waals surface area contributed by atoms with E-state index in [4.69, 9.17) is 16.3 Å². The molecule has 2 atom stereocenters. The van der Waals surface area contributed by atoms with Crippen molar-refractivity contribution in [2.24, 2.45) is 5.92 Å². The topological polar surface area (TPSA) is 101 Å². The lowest BCUT2D eigenvalue weighted by molar-refractivity contribution is -0.141. The highest BCUT2D eigenvalue weighted by molar-refractivity contribution is 6.33.